The first kappa shape index (κ1) is 20.8. The number of nitrogens with zero attached hydrogens (tertiary/aromatic N) is 1. The lowest BCUT2D eigenvalue weighted by Gasteiger charge is -2.33. The van der Waals surface area contributed by atoms with E-state index in [0.29, 0.717) is 24.9 Å². The second kappa shape index (κ2) is 9.52. The van der Waals surface area contributed by atoms with E-state index in [9.17, 15) is 9.59 Å². The van der Waals surface area contributed by atoms with Crippen LogP contribution in [0.3, 0.4) is 0 Å². The molecule has 2 saturated heterocycles. The van der Waals surface area contributed by atoms with Gasteiger partial charge in [-0.25, -0.2) is 0 Å². The van der Waals surface area contributed by atoms with Gasteiger partial charge in [0.1, 0.15) is 26.2 Å². The number of quaternary nitrogens is 2. The average molecular weight is 389 g/mol. The Morgan fingerprint density at radius 2 is 1.68 bits per heavy atom. The monoisotopic (exact) mass is 388 g/mol. The number of piperazine rings is 1. The van der Waals surface area contributed by atoms with Crippen molar-refractivity contribution in [1.82, 2.24) is 4.90 Å². The number of amides is 2. The molecule has 28 heavy (non-hydrogen) atoms. The Balaban J connectivity index is 1.41. The number of hydrogen-bond acceptors (Lipinski definition) is 2. The lowest BCUT2D eigenvalue weighted by molar-refractivity contribution is -1.00. The van der Waals surface area contributed by atoms with Crippen molar-refractivity contribution in [2.45, 2.75) is 33.6 Å². The number of nitrogens with one attached hydrogen (secondary N) is 3. The van der Waals surface area contributed by atoms with Gasteiger partial charge in [-0.05, 0) is 43.7 Å². The Morgan fingerprint density at radius 1 is 1.07 bits per heavy atom. The molecule has 3 N–H and O–H groups in total. The van der Waals surface area contributed by atoms with Crippen molar-refractivity contribution < 1.29 is 19.4 Å². The summed E-state index contributed by atoms with van der Waals surface area (Å²) >= 11 is 0. The van der Waals surface area contributed by atoms with Crippen LogP contribution in [0.1, 0.15) is 30.9 Å². The van der Waals surface area contributed by atoms with Crippen LogP contribution >= 0.6 is 0 Å². The number of carbonyl (C=O) groups excluding carboxylic acids is 2. The lowest BCUT2D eigenvalue weighted by Crippen LogP contribution is -3.28. The summed E-state index contributed by atoms with van der Waals surface area (Å²) in [5.41, 5.74) is 3.14. The zero-order valence-corrected chi connectivity index (χ0v) is 17.6. The summed E-state index contributed by atoms with van der Waals surface area (Å²) in [7, 11) is 0. The van der Waals surface area contributed by atoms with Crippen LogP contribution in [0.5, 0.6) is 0 Å². The van der Waals surface area contributed by atoms with E-state index >= 15 is 0 Å². The molecule has 2 fully saturated rings. The maximum absolute atomic E-state index is 12.6. The molecule has 1 aromatic carbocycles. The van der Waals surface area contributed by atoms with Crippen molar-refractivity contribution in [3.8, 4) is 0 Å². The van der Waals surface area contributed by atoms with Gasteiger partial charge in [0.05, 0.1) is 0 Å². The maximum atomic E-state index is 12.6. The molecular weight excluding hydrogens is 352 g/mol. The van der Waals surface area contributed by atoms with Crippen molar-refractivity contribution in [3.05, 3.63) is 29.3 Å². The molecule has 0 aromatic heterocycles. The minimum Gasteiger partial charge on any atom is -0.338 e. The van der Waals surface area contributed by atoms with Crippen molar-refractivity contribution >= 4 is 17.5 Å². The standard InChI is InChI=1S/C22H34N4O2/c1-17-6-5-9-26(14-17)21(28)16-25-12-10-24(11-13-25)15-20(27)23-22-18(2)7-4-8-19(22)3/h4,7-8,17H,5-6,9-16H2,1-3H3,(H,23,27)/p+2/t17-/m0/s1. The Kier molecular flexibility index (Phi) is 7.08. The van der Waals surface area contributed by atoms with Crippen LogP contribution in [0.2, 0.25) is 0 Å². The Morgan fingerprint density at radius 3 is 2.29 bits per heavy atom. The van der Waals surface area contributed by atoms with Crippen LogP contribution in [0.15, 0.2) is 18.2 Å². The third-order valence-electron chi connectivity index (χ3n) is 6.23. The highest BCUT2D eigenvalue weighted by molar-refractivity contribution is 5.93. The number of benzene rings is 1. The predicted molar refractivity (Wildman–Crippen MR) is 111 cm³/mol. The molecule has 2 heterocycles. The van der Waals surface area contributed by atoms with Gasteiger partial charge in [-0.1, -0.05) is 25.1 Å². The number of carbonyl (C=O) groups is 2. The summed E-state index contributed by atoms with van der Waals surface area (Å²) in [6.45, 7) is 13.0. The Bertz CT molecular complexity index is 678. The number of rotatable bonds is 5. The Labute approximate surface area is 168 Å². The molecule has 2 amide bonds. The average Bonchev–Trinajstić information content (AvgIpc) is 2.66. The van der Waals surface area contributed by atoms with Gasteiger partial charge in [0.15, 0.2) is 13.1 Å². The van der Waals surface area contributed by atoms with E-state index in [-0.39, 0.29) is 5.91 Å². The molecule has 3 rings (SSSR count). The fourth-order valence-electron chi connectivity index (χ4n) is 4.47. The van der Waals surface area contributed by atoms with Crippen molar-refractivity contribution in [3.63, 3.8) is 0 Å². The number of para-hydroxylation sites is 1. The number of hydrogen-bond donors (Lipinski definition) is 3. The fourth-order valence-corrected chi connectivity index (χ4v) is 4.47. The summed E-state index contributed by atoms with van der Waals surface area (Å²) in [5.74, 6) is 1.01. The number of aryl methyl sites for hydroxylation is 2. The van der Waals surface area contributed by atoms with E-state index in [2.05, 4.69) is 17.1 Å². The van der Waals surface area contributed by atoms with Crippen LogP contribution in [-0.2, 0) is 9.59 Å². The molecule has 0 radical (unpaired) electrons. The molecule has 0 aliphatic carbocycles. The molecule has 6 heteroatoms. The summed E-state index contributed by atoms with van der Waals surface area (Å²) in [6, 6.07) is 6.06. The van der Waals surface area contributed by atoms with Gasteiger partial charge < -0.3 is 20.0 Å². The Hall–Kier alpha value is -1.92. The van der Waals surface area contributed by atoms with Crippen molar-refractivity contribution in [1.29, 1.82) is 0 Å². The van der Waals surface area contributed by atoms with Gasteiger partial charge >= 0.3 is 0 Å². The molecule has 1 atom stereocenters. The molecule has 1 aromatic rings. The molecule has 2 aliphatic heterocycles. The molecule has 0 spiro atoms. The molecule has 154 valence electrons. The molecule has 0 saturated carbocycles. The number of likely N-dealkylation sites (tertiary alicyclic amines) is 1. The SMILES string of the molecule is Cc1cccc(C)c1NC(=O)C[NH+]1CC[NH+](CC(=O)N2CCC[C@H](C)C2)CC1. The van der Waals surface area contributed by atoms with Crippen molar-refractivity contribution in [2.24, 2.45) is 5.92 Å². The first-order chi connectivity index (χ1) is 13.4. The maximum Gasteiger partial charge on any atom is 0.279 e. The molecule has 0 bridgehead atoms. The van der Waals surface area contributed by atoms with Gasteiger partial charge in [-0.2, -0.15) is 0 Å². The molecule has 6 nitrogen and oxygen atoms in total. The quantitative estimate of drug-likeness (QED) is 0.624. The highest BCUT2D eigenvalue weighted by atomic mass is 16.2. The number of piperidine rings is 1. The summed E-state index contributed by atoms with van der Waals surface area (Å²) in [6.07, 6.45) is 2.37. The van der Waals surface area contributed by atoms with Crippen LogP contribution < -0.4 is 15.1 Å². The van der Waals surface area contributed by atoms with Gasteiger partial charge in [-0.15, -0.1) is 0 Å². The highest BCUT2D eigenvalue weighted by Crippen LogP contribution is 2.19. The predicted octanol–water partition coefficient (Wildman–Crippen LogP) is -0.716. The van der Waals surface area contributed by atoms with Gasteiger partial charge in [0, 0.05) is 18.8 Å². The molecule has 2 aliphatic rings. The normalized spacial score (nSPS) is 25.4. The highest BCUT2D eigenvalue weighted by Gasteiger charge is 2.29. The van der Waals surface area contributed by atoms with E-state index in [0.717, 1.165) is 62.5 Å². The van der Waals surface area contributed by atoms with E-state index in [4.69, 9.17) is 0 Å². The molecular formula is C22H36N4O2+2. The van der Waals surface area contributed by atoms with Crippen LogP contribution in [0.25, 0.3) is 0 Å². The van der Waals surface area contributed by atoms with Crippen LogP contribution in [0, 0.1) is 19.8 Å². The summed E-state index contributed by atoms with van der Waals surface area (Å²) < 4.78 is 0. The second-order valence-electron chi connectivity index (χ2n) is 8.76. The lowest BCUT2D eigenvalue weighted by atomic mass is 10.0. The minimum atomic E-state index is 0.0780. The summed E-state index contributed by atoms with van der Waals surface area (Å²) in [4.78, 5) is 29.8. The van der Waals surface area contributed by atoms with Gasteiger partial charge in [0.25, 0.3) is 11.8 Å². The third-order valence-corrected chi connectivity index (χ3v) is 6.23. The van der Waals surface area contributed by atoms with Crippen LogP contribution in [-0.4, -0.2) is 69.1 Å². The van der Waals surface area contributed by atoms with Gasteiger partial charge in [-0.3, -0.25) is 9.59 Å². The second-order valence-corrected chi connectivity index (χ2v) is 8.76. The van der Waals surface area contributed by atoms with Crippen LogP contribution in [0.4, 0.5) is 5.69 Å². The third kappa shape index (κ3) is 5.55. The van der Waals surface area contributed by atoms with E-state index in [1.54, 1.807) is 0 Å². The first-order valence-corrected chi connectivity index (χ1v) is 10.7. The summed E-state index contributed by atoms with van der Waals surface area (Å²) in [5, 5.41) is 3.09. The number of anilines is 1. The minimum absolute atomic E-state index is 0.0780. The molecule has 0 unspecified atom stereocenters. The van der Waals surface area contributed by atoms with Crippen molar-refractivity contribution in [2.75, 3.05) is 57.7 Å². The fraction of sp³-hybridized carbons (Fsp3) is 0.636. The van der Waals surface area contributed by atoms with E-state index in [1.165, 1.54) is 16.2 Å². The zero-order valence-electron chi connectivity index (χ0n) is 17.6. The van der Waals surface area contributed by atoms with E-state index < -0.39 is 0 Å². The zero-order chi connectivity index (χ0) is 20.1. The van der Waals surface area contributed by atoms with E-state index in [1.807, 2.05) is 32.0 Å². The largest absolute Gasteiger partial charge is 0.338 e. The first-order valence-electron chi connectivity index (χ1n) is 10.7. The smallest absolute Gasteiger partial charge is 0.279 e. The van der Waals surface area contributed by atoms with Gasteiger partial charge in [0.2, 0.25) is 0 Å². The topological polar surface area (TPSA) is 58.3 Å².